The van der Waals surface area contributed by atoms with Crippen LogP contribution in [0.3, 0.4) is 0 Å². The van der Waals surface area contributed by atoms with Crippen LogP contribution in [0.4, 0.5) is 22.7 Å². The highest BCUT2D eigenvalue weighted by atomic mass is 15.4. The van der Waals surface area contributed by atoms with E-state index < -0.39 is 0 Å². The van der Waals surface area contributed by atoms with Crippen molar-refractivity contribution < 1.29 is 0 Å². The molecule has 0 saturated heterocycles. The third-order valence-electron chi connectivity index (χ3n) is 8.90. The summed E-state index contributed by atoms with van der Waals surface area (Å²) in [7, 11) is 8.77. The Balaban J connectivity index is 1.14. The monoisotopic (exact) mass is 524 g/mol. The highest BCUT2D eigenvalue weighted by molar-refractivity contribution is 6.05. The molecule has 0 fully saturated rings. The molecule has 0 amide bonds. The van der Waals surface area contributed by atoms with Gasteiger partial charge in [-0.2, -0.15) is 0 Å². The predicted molar refractivity (Wildman–Crippen MR) is 173 cm³/mol. The average molecular weight is 525 g/mol. The molecule has 0 saturated carbocycles. The first-order chi connectivity index (χ1) is 19.5. The van der Waals surface area contributed by atoms with E-state index in [2.05, 4.69) is 151 Å². The van der Waals surface area contributed by atoms with Crippen molar-refractivity contribution in [3.05, 3.63) is 120 Å². The molecule has 4 heteroatoms. The summed E-state index contributed by atoms with van der Waals surface area (Å²) in [6.45, 7) is 0. The number of rotatable bonds is 3. The molecule has 40 heavy (non-hydrogen) atoms. The van der Waals surface area contributed by atoms with Gasteiger partial charge in [0.25, 0.3) is 0 Å². The molecular formula is C36H36N4. The number of hydrogen-bond acceptors (Lipinski definition) is 4. The maximum atomic E-state index is 2.41. The van der Waals surface area contributed by atoms with E-state index in [-0.39, 0.29) is 6.17 Å². The Bertz CT molecular complexity index is 1760. The SMILES string of the molecule is CN1/C(=C/C=C2C=C(/C=C/C3N(C)c4ccc5ccccc5c4N3C)CCC/2)N(C)c2c1ccc1ccccc21. The average Bonchev–Trinajstić information content (AvgIpc) is 3.39. The number of anilines is 4. The Morgan fingerprint density at radius 2 is 1.32 bits per heavy atom. The van der Waals surface area contributed by atoms with Gasteiger partial charge >= 0.3 is 0 Å². The Labute approximate surface area is 237 Å². The molecule has 4 nitrogen and oxygen atoms in total. The van der Waals surface area contributed by atoms with Crippen LogP contribution < -0.4 is 19.6 Å². The van der Waals surface area contributed by atoms with E-state index in [1.165, 1.54) is 67.7 Å². The summed E-state index contributed by atoms with van der Waals surface area (Å²) >= 11 is 0. The van der Waals surface area contributed by atoms with E-state index in [4.69, 9.17) is 0 Å². The molecule has 2 heterocycles. The van der Waals surface area contributed by atoms with E-state index in [0.717, 1.165) is 12.8 Å². The summed E-state index contributed by atoms with van der Waals surface area (Å²) in [6.07, 6.45) is 15.3. The Morgan fingerprint density at radius 1 is 0.650 bits per heavy atom. The Hall–Kier alpha value is -4.44. The minimum Gasteiger partial charge on any atom is -0.349 e. The van der Waals surface area contributed by atoms with Gasteiger partial charge in [0.1, 0.15) is 12.0 Å². The lowest BCUT2D eigenvalue weighted by molar-refractivity contribution is 0.767. The van der Waals surface area contributed by atoms with Crippen molar-refractivity contribution in [2.24, 2.45) is 0 Å². The van der Waals surface area contributed by atoms with Gasteiger partial charge in [-0.25, -0.2) is 0 Å². The molecule has 0 aromatic heterocycles. The van der Waals surface area contributed by atoms with Gasteiger partial charge in [-0.1, -0.05) is 78.9 Å². The largest absolute Gasteiger partial charge is 0.349 e. The molecule has 0 spiro atoms. The zero-order valence-electron chi connectivity index (χ0n) is 23.8. The van der Waals surface area contributed by atoms with Crippen molar-refractivity contribution in [2.75, 3.05) is 47.8 Å². The molecule has 3 aliphatic rings. The summed E-state index contributed by atoms with van der Waals surface area (Å²) in [4.78, 5) is 9.43. The second-order valence-electron chi connectivity index (χ2n) is 11.3. The van der Waals surface area contributed by atoms with Crippen molar-refractivity contribution in [3.8, 4) is 0 Å². The van der Waals surface area contributed by atoms with Crippen LogP contribution in [0.2, 0.25) is 0 Å². The van der Waals surface area contributed by atoms with E-state index in [1.807, 2.05) is 0 Å². The first-order valence-electron chi connectivity index (χ1n) is 14.3. The number of hydrogen-bond donors (Lipinski definition) is 0. The van der Waals surface area contributed by atoms with Gasteiger partial charge < -0.3 is 19.6 Å². The minimum absolute atomic E-state index is 0.201. The quantitative estimate of drug-likeness (QED) is 0.268. The van der Waals surface area contributed by atoms with Crippen LogP contribution in [0, 0.1) is 0 Å². The van der Waals surface area contributed by atoms with Gasteiger partial charge in [0, 0.05) is 39.0 Å². The predicted octanol–water partition coefficient (Wildman–Crippen LogP) is 8.23. The summed E-state index contributed by atoms with van der Waals surface area (Å²) in [5, 5.41) is 5.19. The lowest BCUT2D eigenvalue weighted by Gasteiger charge is -2.25. The van der Waals surface area contributed by atoms with Crippen LogP contribution in [-0.2, 0) is 0 Å². The topological polar surface area (TPSA) is 13.0 Å². The van der Waals surface area contributed by atoms with Crippen molar-refractivity contribution in [2.45, 2.75) is 25.4 Å². The van der Waals surface area contributed by atoms with Crippen LogP contribution in [-0.4, -0.2) is 34.4 Å². The van der Waals surface area contributed by atoms with Crippen LogP contribution in [0.25, 0.3) is 21.5 Å². The molecule has 7 rings (SSSR count). The molecule has 2 aliphatic heterocycles. The van der Waals surface area contributed by atoms with Crippen LogP contribution in [0.1, 0.15) is 19.3 Å². The van der Waals surface area contributed by atoms with Gasteiger partial charge in [0.05, 0.1) is 22.7 Å². The van der Waals surface area contributed by atoms with Gasteiger partial charge in [-0.3, -0.25) is 0 Å². The van der Waals surface area contributed by atoms with Crippen molar-refractivity contribution >= 4 is 44.3 Å². The lowest BCUT2D eigenvalue weighted by atomic mass is 9.94. The zero-order valence-corrected chi connectivity index (χ0v) is 23.8. The lowest BCUT2D eigenvalue weighted by Crippen LogP contribution is -2.37. The fourth-order valence-electron chi connectivity index (χ4n) is 6.78. The number of nitrogens with zero attached hydrogens (tertiary/aromatic N) is 4. The van der Waals surface area contributed by atoms with Crippen molar-refractivity contribution in [1.82, 2.24) is 0 Å². The molecule has 1 aliphatic carbocycles. The molecule has 1 atom stereocenters. The smallest absolute Gasteiger partial charge is 0.121 e. The second-order valence-corrected chi connectivity index (χ2v) is 11.3. The summed E-state index contributed by atoms with van der Waals surface area (Å²) < 4.78 is 0. The number of likely N-dealkylation sites (N-methyl/N-ethyl adjacent to an activating group) is 2. The molecule has 0 bridgehead atoms. The summed E-state index contributed by atoms with van der Waals surface area (Å²) in [5.74, 6) is 1.20. The van der Waals surface area contributed by atoms with Crippen LogP contribution in [0.5, 0.6) is 0 Å². The number of benzene rings is 4. The van der Waals surface area contributed by atoms with Gasteiger partial charge in [-0.05, 0) is 65.5 Å². The van der Waals surface area contributed by atoms with E-state index in [9.17, 15) is 0 Å². The first-order valence-corrected chi connectivity index (χ1v) is 14.3. The van der Waals surface area contributed by atoms with Crippen LogP contribution >= 0.6 is 0 Å². The molecule has 4 aromatic rings. The molecule has 200 valence electrons. The maximum Gasteiger partial charge on any atom is 0.121 e. The maximum absolute atomic E-state index is 2.41. The third-order valence-corrected chi connectivity index (χ3v) is 8.90. The Kier molecular flexibility index (Phi) is 5.92. The second kappa shape index (κ2) is 9.63. The number of allylic oxidation sites excluding steroid dienone is 6. The standard InChI is InChI=1S/C36H36N4/c1-37-31-20-18-27-12-5-7-14-29(27)35(31)39(3)33(37)22-16-25-10-9-11-26(24-25)17-23-34-38(2)32-21-19-28-13-6-8-15-30(28)36(32)40(34)4/h5-8,12-24,33H,9-11H2,1-4H3/b22-16+,26-17+,34-23-. The van der Waals surface area contributed by atoms with Crippen molar-refractivity contribution in [1.29, 1.82) is 0 Å². The summed E-state index contributed by atoms with van der Waals surface area (Å²) in [6, 6.07) is 26.3. The summed E-state index contributed by atoms with van der Waals surface area (Å²) in [5.41, 5.74) is 7.95. The minimum atomic E-state index is 0.201. The fraction of sp³-hybridized carbons (Fsp3) is 0.222. The van der Waals surface area contributed by atoms with E-state index in [0.29, 0.717) is 0 Å². The van der Waals surface area contributed by atoms with E-state index in [1.54, 1.807) is 0 Å². The number of fused-ring (bicyclic) bond motifs is 6. The molecule has 4 aromatic carbocycles. The normalized spacial score (nSPS) is 20.9. The van der Waals surface area contributed by atoms with Gasteiger partial charge in [-0.15, -0.1) is 0 Å². The molecule has 0 radical (unpaired) electrons. The van der Waals surface area contributed by atoms with Gasteiger partial charge in [0.2, 0.25) is 0 Å². The third kappa shape index (κ3) is 3.90. The van der Waals surface area contributed by atoms with E-state index >= 15 is 0 Å². The van der Waals surface area contributed by atoms with Gasteiger partial charge in [0.15, 0.2) is 0 Å². The Morgan fingerprint density at radius 3 is 2.08 bits per heavy atom. The molecule has 0 N–H and O–H groups in total. The molecular weight excluding hydrogens is 488 g/mol. The zero-order chi connectivity index (χ0) is 27.4. The molecule has 1 unspecified atom stereocenters. The fourth-order valence-corrected chi connectivity index (χ4v) is 6.78. The highest BCUT2D eigenvalue weighted by Gasteiger charge is 2.31. The first kappa shape index (κ1) is 24.6. The van der Waals surface area contributed by atoms with Crippen molar-refractivity contribution in [3.63, 3.8) is 0 Å². The van der Waals surface area contributed by atoms with Crippen LogP contribution in [0.15, 0.2) is 120 Å². The highest BCUT2D eigenvalue weighted by Crippen LogP contribution is 2.45.